The average Bonchev–Trinajstić information content (AvgIpc) is 3.28. The van der Waals surface area contributed by atoms with Crippen LogP contribution in [0.1, 0.15) is 35.0 Å². The predicted molar refractivity (Wildman–Crippen MR) is 127 cm³/mol. The van der Waals surface area contributed by atoms with E-state index in [1.807, 2.05) is 0 Å². The summed E-state index contributed by atoms with van der Waals surface area (Å²) in [7, 11) is 0. The summed E-state index contributed by atoms with van der Waals surface area (Å²) in [6.45, 7) is 0.686. The van der Waals surface area contributed by atoms with Gasteiger partial charge in [0.05, 0.1) is 16.3 Å². The first-order valence-electron chi connectivity index (χ1n) is 10.5. The first-order valence-corrected chi connectivity index (χ1v) is 11.8. The minimum Gasteiger partial charge on any atom is -0.346 e. The molecule has 0 unspecified atom stereocenters. The van der Waals surface area contributed by atoms with E-state index in [2.05, 4.69) is 15.3 Å². The fourth-order valence-corrected chi connectivity index (χ4v) is 4.75. The molecule has 0 radical (unpaired) electrons. The van der Waals surface area contributed by atoms with E-state index >= 15 is 0 Å². The second-order valence-corrected chi connectivity index (χ2v) is 9.50. The number of thiazole rings is 1. The van der Waals surface area contributed by atoms with Crippen molar-refractivity contribution >= 4 is 28.1 Å². The Kier molecular flexibility index (Phi) is 7.03. The van der Waals surface area contributed by atoms with Gasteiger partial charge >= 0.3 is 6.18 Å². The molecule has 1 atom stereocenters. The highest BCUT2D eigenvalue weighted by Crippen LogP contribution is 2.41. The molecular weight excluding hydrogens is 524 g/mol. The molecule has 188 valence electrons. The summed E-state index contributed by atoms with van der Waals surface area (Å²) in [5.74, 6) is -4.35. The Hall–Kier alpha value is -3.11. The molecule has 0 saturated carbocycles. The summed E-state index contributed by atoms with van der Waals surface area (Å²) in [4.78, 5) is 8.28. The number of rotatable bonds is 7. The van der Waals surface area contributed by atoms with Crippen molar-refractivity contribution in [3.05, 3.63) is 111 Å². The van der Waals surface area contributed by atoms with E-state index < -0.39 is 34.7 Å². The molecule has 2 aromatic carbocycles. The van der Waals surface area contributed by atoms with E-state index in [1.165, 1.54) is 18.3 Å². The maximum atomic E-state index is 14.6. The minimum atomic E-state index is -4.83. The zero-order valence-electron chi connectivity index (χ0n) is 18.6. The molecule has 11 heteroatoms. The summed E-state index contributed by atoms with van der Waals surface area (Å²) >= 11 is 6.85. The van der Waals surface area contributed by atoms with Crippen LogP contribution in [-0.4, -0.2) is 9.97 Å². The third-order valence-corrected chi connectivity index (χ3v) is 6.45. The molecule has 0 amide bonds. The van der Waals surface area contributed by atoms with Gasteiger partial charge in [0, 0.05) is 24.9 Å². The van der Waals surface area contributed by atoms with Crippen molar-refractivity contribution in [3.63, 3.8) is 0 Å². The molecular formula is C25H18ClF6N3S. The number of halogens is 7. The fourth-order valence-electron chi connectivity index (χ4n) is 3.77. The number of hydrogen-bond donors (Lipinski definition) is 1. The van der Waals surface area contributed by atoms with Gasteiger partial charge in [-0.15, -0.1) is 11.3 Å². The van der Waals surface area contributed by atoms with Gasteiger partial charge in [-0.25, -0.2) is 9.37 Å². The van der Waals surface area contributed by atoms with Crippen molar-refractivity contribution in [1.29, 1.82) is 0 Å². The molecule has 2 heterocycles. The number of benzene rings is 2. The van der Waals surface area contributed by atoms with Gasteiger partial charge in [0.2, 0.25) is 0 Å². The Morgan fingerprint density at radius 3 is 2.19 bits per heavy atom. The standard InChI is InChI=1S/C25H18ClF6N3S/c1-23(28,29)21-14-36-22(34-21)35-24(12-15-5-3-2-4-6-15,20-8-7-18(26)13-33-20)16-9-17(25(30,31)32)11-19(27)10-16/h2-11,13-14H,12H2,1H3,(H,34,35)/t24-/m0/s1. The van der Waals surface area contributed by atoms with Crippen LogP contribution in [0.25, 0.3) is 0 Å². The van der Waals surface area contributed by atoms with Gasteiger partial charge in [-0.2, -0.15) is 22.0 Å². The van der Waals surface area contributed by atoms with Crippen molar-refractivity contribution in [1.82, 2.24) is 9.97 Å². The third-order valence-electron chi connectivity index (χ3n) is 5.47. The van der Waals surface area contributed by atoms with Gasteiger partial charge in [-0.05, 0) is 41.5 Å². The lowest BCUT2D eigenvalue weighted by molar-refractivity contribution is -0.137. The second-order valence-electron chi connectivity index (χ2n) is 8.21. The summed E-state index contributed by atoms with van der Waals surface area (Å²) in [6.07, 6.45) is -3.54. The fraction of sp³-hybridized carbons (Fsp3) is 0.200. The van der Waals surface area contributed by atoms with Crippen molar-refractivity contribution in [3.8, 4) is 0 Å². The Morgan fingerprint density at radius 1 is 0.917 bits per heavy atom. The van der Waals surface area contributed by atoms with Crippen LogP contribution in [0.2, 0.25) is 5.02 Å². The maximum absolute atomic E-state index is 14.6. The highest BCUT2D eigenvalue weighted by atomic mass is 35.5. The largest absolute Gasteiger partial charge is 0.416 e. The van der Waals surface area contributed by atoms with Crippen LogP contribution >= 0.6 is 22.9 Å². The Morgan fingerprint density at radius 2 is 1.61 bits per heavy atom. The van der Waals surface area contributed by atoms with Crippen LogP contribution in [0, 0.1) is 5.82 Å². The number of pyridine rings is 1. The second kappa shape index (κ2) is 9.74. The number of aromatic nitrogens is 2. The van der Waals surface area contributed by atoms with Crippen LogP contribution in [0.4, 0.5) is 31.5 Å². The molecule has 4 rings (SSSR count). The molecule has 0 fully saturated rings. The number of nitrogens with one attached hydrogen (secondary N) is 1. The van der Waals surface area contributed by atoms with Gasteiger partial charge in [-0.3, -0.25) is 4.98 Å². The zero-order chi connectivity index (χ0) is 26.1. The third kappa shape index (κ3) is 5.65. The summed E-state index contributed by atoms with van der Waals surface area (Å²) in [6, 6.07) is 13.9. The predicted octanol–water partition coefficient (Wildman–Crippen LogP) is 8.06. The molecule has 1 N–H and O–H groups in total. The SMILES string of the molecule is CC(F)(F)c1csc(N[C@@](Cc2ccccc2)(c2cc(F)cc(C(F)(F)F)c2)c2ccc(Cl)cn2)n1. The number of anilines is 1. The topological polar surface area (TPSA) is 37.8 Å². The van der Waals surface area contributed by atoms with E-state index in [1.54, 1.807) is 30.3 Å². The molecule has 0 aliphatic heterocycles. The van der Waals surface area contributed by atoms with Crippen molar-refractivity contribution < 1.29 is 26.3 Å². The Balaban J connectivity index is 1.98. The summed E-state index contributed by atoms with van der Waals surface area (Å²) in [5, 5.41) is 4.44. The molecule has 0 aliphatic carbocycles. The lowest BCUT2D eigenvalue weighted by Crippen LogP contribution is -2.40. The van der Waals surface area contributed by atoms with E-state index in [0.29, 0.717) is 18.6 Å². The van der Waals surface area contributed by atoms with Crippen molar-refractivity contribution in [2.45, 2.75) is 31.0 Å². The van der Waals surface area contributed by atoms with E-state index in [-0.39, 0.29) is 27.8 Å². The quantitative estimate of drug-likeness (QED) is 0.240. The van der Waals surface area contributed by atoms with Gasteiger partial charge in [0.15, 0.2) is 5.13 Å². The molecule has 0 bridgehead atoms. The van der Waals surface area contributed by atoms with E-state index in [9.17, 15) is 26.3 Å². The molecule has 0 aliphatic rings. The van der Waals surface area contributed by atoms with Crippen LogP contribution in [-0.2, 0) is 24.1 Å². The lowest BCUT2D eigenvalue weighted by atomic mass is 9.80. The monoisotopic (exact) mass is 541 g/mol. The van der Waals surface area contributed by atoms with Gasteiger partial charge in [0.25, 0.3) is 5.92 Å². The van der Waals surface area contributed by atoms with Crippen LogP contribution in [0.5, 0.6) is 0 Å². The van der Waals surface area contributed by atoms with Gasteiger partial charge < -0.3 is 5.32 Å². The Labute approximate surface area is 211 Å². The number of alkyl halides is 5. The van der Waals surface area contributed by atoms with Crippen molar-refractivity contribution in [2.24, 2.45) is 0 Å². The van der Waals surface area contributed by atoms with Gasteiger partial charge in [0.1, 0.15) is 17.1 Å². The maximum Gasteiger partial charge on any atom is 0.416 e. The van der Waals surface area contributed by atoms with Crippen LogP contribution in [0.15, 0.2) is 72.2 Å². The van der Waals surface area contributed by atoms with E-state index in [4.69, 9.17) is 11.6 Å². The van der Waals surface area contributed by atoms with Crippen molar-refractivity contribution in [2.75, 3.05) is 5.32 Å². The van der Waals surface area contributed by atoms with Crippen LogP contribution in [0.3, 0.4) is 0 Å². The smallest absolute Gasteiger partial charge is 0.346 e. The first-order chi connectivity index (χ1) is 16.9. The molecule has 3 nitrogen and oxygen atoms in total. The molecule has 4 aromatic rings. The minimum absolute atomic E-state index is 0.00275. The summed E-state index contributed by atoms with van der Waals surface area (Å²) in [5.41, 5.74) is -2.61. The lowest BCUT2D eigenvalue weighted by Gasteiger charge is -2.36. The molecule has 36 heavy (non-hydrogen) atoms. The normalized spacial score (nSPS) is 13.9. The summed E-state index contributed by atoms with van der Waals surface area (Å²) < 4.78 is 83.4. The molecule has 0 spiro atoms. The number of hydrogen-bond acceptors (Lipinski definition) is 4. The number of nitrogens with zero attached hydrogens (tertiary/aromatic N) is 2. The highest BCUT2D eigenvalue weighted by molar-refractivity contribution is 7.13. The van der Waals surface area contributed by atoms with Crippen LogP contribution < -0.4 is 5.32 Å². The van der Waals surface area contributed by atoms with Gasteiger partial charge in [-0.1, -0.05) is 41.9 Å². The first kappa shape index (κ1) is 26.0. The molecule has 2 aromatic heterocycles. The van der Waals surface area contributed by atoms with E-state index in [0.717, 1.165) is 28.8 Å². The molecule has 0 saturated heterocycles. The Bertz CT molecular complexity index is 1340. The zero-order valence-corrected chi connectivity index (χ0v) is 20.2. The average molecular weight is 542 g/mol. The highest BCUT2D eigenvalue weighted by Gasteiger charge is 2.41.